The number of hydrogen-bond donors (Lipinski definition) is 0. The molecule has 0 fully saturated rings. The Labute approximate surface area is 304 Å². The van der Waals surface area contributed by atoms with E-state index in [1.165, 1.54) is 10.8 Å². The molecule has 0 spiro atoms. The van der Waals surface area contributed by atoms with Crippen LogP contribution in [0.5, 0.6) is 0 Å². The molecule has 10 rings (SSSR count). The minimum Gasteiger partial charge on any atom is -0.456 e. The molecule has 10 aromatic rings. The van der Waals surface area contributed by atoms with Crippen molar-refractivity contribution in [3.05, 3.63) is 168 Å². The molecule has 0 bridgehead atoms. The Hall–Kier alpha value is -7.05. The van der Waals surface area contributed by atoms with Gasteiger partial charge in [0.15, 0.2) is 5.82 Å². The summed E-state index contributed by atoms with van der Waals surface area (Å²) >= 11 is 0. The largest absolute Gasteiger partial charge is 0.456 e. The van der Waals surface area contributed by atoms with Gasteiger partial charge in [-0.25, -0.2) is 14.8 Å². The van der Waals surface area contributed by atoms with Crippen LogP contribution in [0.1, 0.15) is 0 Å². The van der Waals surface area contributed by atoms with Crippen LogP contribution in [0.15, 0.2) is 167 Å². The van der Waals surface area contributed by atoms with Crippen molar-refractivity contribution in [2.24, 2.45) is 14.1 Å². The molecular formula is C47H32N4O2. The molecule has 6 nitrogen and oxygen atoms in total. The Kier molecular flexibility index (Phi) is 6.98. The number of imidazole rings is 1. The second kappa shape index (κ2) is 12.0. The zero-order chi connectivity index (χ0) is 35.6. The molecule has 252 valence electrons. The van der Waals surface area contributed by atoms with E-state index in [1.54, 1.807) is 16.2 Å². The maximum Gasteiger partial charge on any atom is 0.328 e. The van der Waals surface area contributed by atoms with Gasteiger partial charge < -0.3 is 4.42 Å². The zero-order valence-electron chi connectivity index (χ0n) is 29.1. The molecular weight excluding hydrogens is 653 g/mol. The van der Waals surface area contributed by atoms with E-state index in [4.69, 9.17) is 14.4 Å². The summed E-state index contributed by atoms with van der Waals surface area (Å²) in [5.74, 6) is 0.670. The topological polar surface area (TPSA) is 65.8 Å². The molecule has 0 atom stereocenters. The molecule has 53 heavy (non-hydrogen) atoms. The van der Waals surface area contributed by atoms with E-state index in [9.17, 15) is 4.79 Å². The Morgan fingerprint density at radius 2 is 1.08 bits per heavy atom. The third kappa shape index (κ3) is 5.15. The summed E-state index contributed by atoms with van der Waals surface area (Å²) in [4.78, 5) is 22.6. The first-order valence-corrected chi connectivity index (χ1v) is 17.6. The van der Waals surface area contributed by atoms with Gasteiger partial charge in [-0.1, -0.05) is 121 Å². The average molecular weight is 685 g/mol. The van der Waals surface area contributed by atoms with Gasteiger partial charge in [-0.2, -0.15) is 0 Å². The van der Waals surface area contributed by atoms with Crippen molar-refractivity contribution in [1.82, 2.24) is 19.1 Å². The Bertz CT molecular complexity index is 3080. The normalized spacial score (nSPS) is 11.7. The second-order valence-electron chi connectivity index (χ2n) is 13.6. The predicted molar refractivity (Wildman–Crippen MR) is 216 cm³/mol. The maximum atomic E-state index is 12.5. The van der Waals surface area contributed by atoms with Crippen molar-refractivity contribution >= 4 is 43.7 Å². The van der Waals surface area contributed by atoms with Crippen LogP contribution in [-0.2, 0) is 14.1 Å². The van der Waals surface area contributed by atoms with E-state index in [0.717, 1.165) is 83.3 Å². The molecule has 0 radical (unpaired) electrons. The van der Waals surface area contributed by atoms with Gasteiger partial charge in [0, 0.05) is 41.6 Å². The molecule has 3 heterocycles. The molecule has 7 aromatic carbocycles. The molecule has 0 aliphatic rings. The summed E-state index contributed by atoms with van der Waals surface area (Å²) in [6.45, 7) is 0. The van der Waals surface area contributed by atoms with Crippen molar-refractivity contribution in [2.75, 3.05) is 0 Å². The number of rotatable bonds is 5. The first kappa shape index (κ1) is 30.7. The summed E-state index contributed by atoms with van der Waals surface area (Å²) in [7, 11) is 3.61. The van der Waals surface area contributed by atoms with E-state index in [2.05, 4.69) is 115 Å². The predicted octanol–water partition coefficient (Wildman–Crippen LogP) is 11.1. The molecule has 6 heteroatoms. The van der Waals surface area contributed by atoms with E-state index in [-0.39, 0.29) is 5.69 Å². The molecule has 0 unspecified atom stereocenters. The van der Waals surface area contributed by atoms with E-state index < -0.39 is 0 Å². The second-order valence-corrected chi connectivity index (χ2v) is 13.6. The summed E-state index contributed by atoms with van der Waals surface area (Å²) in [6.07, 6.45) is 0. The highest BCUT2D eigenvalue weighted by atomic mass is 16.3. The Balaban J connectivity index is 1.04. The lowest BCUT2D eigenvalue weighted by atomic mass is 9.97. The standard InChI is InChI=1S/C47H32N4O2/c1-50-41-24-23-36(26-42(41)51(2)47(50)52)29-15-19-31(20-16-29)39-28-40(49-46(48-39)33-9-4-3-5-10-33)32-21-17-30(18-22-32)37-13-8-14-43-45(37)38-25-34-11-6-7-12-35(34)27-44(38)53-43/h3-28H,1-2H3. The molecule has 3 aromatic heterocycles. The first-order valence-electron chi connectivity index (χ1n) is 17.6. The summed E-state index contributed by atoms with van der Waals surface area (Å²) in [6, 6.07) is 54.4. The van der Waals surface area contributed by atoms with E-state index >= 15 is 0 Å². The maximum absolute atomic E-state index is 12.5. The number of nitrogens with zero attached hydrogens (tertiary/aromatic N) is 4. The number of fused-ring (bicyclic) bond motifs is 5. The number of aromatic nitrogens is 4. The third-order valence-electron chi connectivity index (χ3n) is 10.4. The van der Waals surface area contributed by atoms with Crippen molar-refractivity contribution < 1.29 is 4.42 Å². The van der Waals surface area contributed by atoms with Crippen LogP contribution in [0.2, 0.25) is 0 Å². The quantitative estimate of drug-likeness (QED) is 0.181. The average Bonchev–Trinajstić information content (AvgIpc) is 3.69. The van der Waals surface area contributed by atoms with E-state index in [1.807, 2.05) is 49.5 Å². The van der Waals surface area contributed by atoms with Crippen LogP contribution in [-0.4, -0.2) is 19.1 Å². The molecule has 0 N–H and O–H groups in total. The number of hydrogen-bond acceptors (Lipinski definition) is 4. The van der Waals surface area contributed by atoms with Gasteiger partial charge in [-0.3, -0.25) is 9.13 Å². The highest BCUT2D eigenvalue weighted by Crippen LogP contribution is 2.39. The van der Waals surface area contributed by atoms with Crippen LogP contribution in [0, 0.1) is 0 Å². The van der Waals surface area contributed by atoms with Gasteiger partial charge in [0.25, 0.3) is 0 Å². The van der Waals surface area contributed by atoms with Gasteiger partial charge in [0.05, 0.1) is 22.4 Å². The van der Waals surface area contributed by atoms with Gasteiger partial charge in [0.1, 0.15) is 11.2 Å². The fourth-order valence-corrected chi connectivity index (χ4v) is 7.55. The lowest BCUT2D eigenvalue weighted by Gasteiger charge is -2.11. The first-order chi connectivity index (χ1) is 26.0. The summed E-state index contributed by atoms with van der Waals surface area (Å²) in [5, 5.41) is 4.59. The minimum atomic E-state index is -0.0336. The fourth-order valence-electron chi connectivity index (χ4n) is 7.55. The number of furan rings is 1. The highest BCUT2D eigenvalue weighted by Gasteiger charge is 2.16. The molecule has 0 saturated carbocycles. The van der Waals surface area contributed by atoms with Crippen LogP contribution in [0.3, 0.4) is 0 Å². The smallest absolute Gasteiger partial charge is 0.328 e. The highest BCUT2D eigenvalue weighted by molar-refractivity contribution is 6.15. The zero-order valence-corrected chi connectivity index (χ0v) is 29.1. The van der Waals surface area contributed by atoms with Crippen molar-refractivity contribution in [3.8, 4) is 56.2 Å². The fraction of sp³-hybridized carbons (Fsp3) is 0.0426. The van der Waals surface area contributed by atoms with Gasteiger partial charge in [-0.05, 0) is 69.4 Å². The van der Waals surface area contributed by atoms with Crippen molar-refractivity contribution in [1.29, 1.82) is 0 Å². The lowest BCUT2D eigenvalue weighted by Crippen LogP contribution is -2.19. The van der Waals surface area contributed by atoms with Crippen LogP contribution < -0.4 is 5.69 Å². The Morgan fingerprint density at radius 3 is 1.79 bits per heavy atom. The molecule has 0 aliphatic carbocycles. The van der Waals surface area contributed by atoms with Gasteiger partial charge >= 0.3 is 5.69 Å². The summed E-state index contributed by atoms with van der Waals surface area (Å²) < 4.78 is 9.72. The molecule has 0 aliphatic heterocycles. The van der Waals surface area contributed by atoms with Gasteiger partial charge in [0.2, 0.25) is 0 Å². The number of benzene rings is 7. The van der Waals surface area contributed by atoms with Crippen molar-refractivity contribution in [2.45, 2.75) is 0 Å². The van der Waals surface area contributed by atoms with Crippen LogP contribution in [0.25, 0.3) is 99.9 Å². The minimum absolute atomic E-state index is 0.0336. The summed E-state index contributed by atoms with van der Waals surface area (Å²) in [5.41, 5.74) is 12.5. The van der Waals surface area contributed by atoms with Crippen LogP contribution >= 0.6 is 0 Å². The monoisotopic (exact) mass is 684 g/mol. The Morgan fingerprint density at radius 1 is 0.472 bits per heavy atom. The third-order valence-corrected chi connectivity index (χ3v) is 10.4. The number of aryl methyl sites for hydroxylation is 2. The van der Waals surface area contributed by atoms with Crippen molar-refractivity contribution in [3.63, 3.8) is 0 Å². The molecule has 0 amide bonds. The lowest BCUT2D eigenvalue weighted by molar-refractivity contribution is 0.669. The van der Waals surface area contributed by atoms with Crippen LogP contribution in [0.4, 0.5) is 0 Å². The van der Waals surface area contributed by atoms with E-state index in [0.29, 0.717) is 5.82 Å². The molecule has 0 saturated heterocycles. The SMILES string of the molecule is Cn1c(=O)n(C)c2cc(-c3ccc(-c4cc(-c5ccc(-c6cccc7oc8cc9ccccc9cc8c67)cc5)nc(-c5ccccc5)n4)cc3)ccc21. The van der Waals surface area contributed by atoms with Gasteiger partial charge in [-0.15, -0.1) is 0 Å².